The van der Waals surface area contributed by atoms with Crippen molar-refractivity contribution in [3.8, 4) is 0 Å². The second-order valence-corrected chi connectivity index (χ2v) is 4.30. The first-order chi connectivity index (χ1) is 7.23. The molecule has 0 saturated carbocycles. The molecular formula is C13H22N2. The van der Waals surface area contributed by atoms with Gasteiger partial charge in [-0.2, -0.15) is 0 Å². The Morgan fingerprint density at radius 1 is 1.20 bits per heavy atom. The maximum Gasteiger partial charge on any atom is 0.0541 e. The Morgan fingerprint density at radius 2 is 1.87 bits per heavy atom. The van der Waals surface area contributed by atoms with Gasteiger partial charge in [-0.25, -0.2) is 0 Å². The highest BCUT2D eigenvalue weighted by molar-refractivity contribution is 5.23. The lowest BCUT2D eigenvalue weighted by Crippen LogP contribution is -2.44. The van der Waals surface area contributed by atoms with Gasteiger partial charge in [0.05, 0.1) is 5.54 Å². The largest absolute Gasteiger partial charge is 0.271 e. The predicted octanol–water partition coefficient (Wildman–Crippen LogP) is 2.95. The minimum absolute atomic E-state index is 0.0869. The molecule has 0 bridgehead atoms. The molecule has 0 amide bonds. The molecule has 2 nitrogen and oxygen atoms in total. The van der Waals surface area contributed by atoms with Gasteiger partial charge in [0.15, 0.2) is 0 Å². The molecule has 0 spiro atoms. The van der Waals surface area contributed by atoms with Crippen LogP contribution in [0.1, 0.15) is 45.1 Å². The number of hydrogen-bond donors (Lipinski definition) is 2. The number of benzene rings is 1. The Kier molecular flexibility index (Phi) is 4.79. The molecule has 1 atom stereocenters. The molecule has 0 radical (unpaired) electrons. The Balaban J connectivity index is 2.67. The zero-order valence-electron chi connectivity index (χ0n) is 9.79. The van der Waals surface area contributed by atoms with Crippen LogP contribution in [0.3, 0.4) is 0 Å². The van der Waals surface area contributed by atoms with Crippen LogP contribution in [-0.4, -0.2) is 0 Å². The lowest BCUT2D eigenvalue weighted by Gasteiger charge is -2.29. The molecule has 1 unspecified atom stereocenters. The van der Waals surface area contributed by atoms with E-state index in [9.17, 15) is 0 Å². The van der Waals surface area contributed by atoms with E-state index in [1.54, 1.807) is 0 Å². The average Bonchev–Trinajstić information content (AvgIpc) is 2.30. The number of hydrogen-bond acceptors (Lipinski definition) is 2. The topological polar surface area (TPSA) is 38.0 Å². The Labute approximate surface area is 92.8 Å². The van der Waals surface area contributed by atoms with E-state index in [-0.39, 0.29) is 5.54 Å². The van der Waals surface area contributed by atoms with Gasteiger partial charge in [-0.15, -0.1) is 0 Å². The zero-order chi connectivity index (χ0) is 11.1. The number of hydrazine groups is 1. The smallest absolute Gasteiger partial charge is 0.0541 e. The van der Waals surface area contributed by atoms with Crippen LogP contribution in [0.15, 0.2) is 30.3 Å². The van der Waals surface area contributed by atoms with Crippen molar-refractivity contribution < 1.29 is 0 Å². The average molecular weight is 206 g/mol. The summed E-state index contributed by atoms with van der Waals surface area (Å²) < 4.78 is 0. The number of nitrogens with two attached hydrogens (primary N) is 1. The molecule has 1 aromatic carbocycles. The molecule has 15 heavy (non-hydrogen) atoms. The number of unbranched alkanes of at least 4 members (excludes halogenated alkanes) is 2. The quantitative estimate of drug-likeness (QED) is 0.426. The first-order valence-corrected chi connectivity index (χ1v) is 5.76. The van der Waals surface area contributed by atoms with Crippen molar-refractivity contribution in [2.45, 2.75) is 45.1 Å². The van der Waals surface area contributed by atoms with Gasteiger partial charge in [0.1, 0.15) is 0 Å². The number of nitrogens with one attached hydrogen (secondary N) is 1. The van der Waals surface area contributed by atoms with Gasteiger partial charge in [0, 0.05) is 0 Å². The fourth-order valence-corrected chi connectivity index (χ4v) is 1.83. The fraction of sp³-hybridized carbons (Fsp3) is 0.538. The SMILES string of the molecule is CCCCCC(C)(NN)c1ccccc1. The van der Waals surface area contributed by atoms with Gasteiger partial charge in [-0.3, -0.25) is 11.3 Å². The zero-order valence-corrected chi connectivity index (χ0v) is 9.79. The molecule has 1 aromatic rings. The van der Waals surface area contributed by atoms with Crippen LogP contribution in [0.4, 0.5) is 0 Å². The van der Waals surface area contributed by atoms with E-state index in [1.165, 1.54) is 24.8 Å². The molecule has 0 aliphatic carbocycles. The highest BCUT2D eigenvalue weighted by Crippen LogP contribution is 2.25. The second-order valence-electron chi connectivity index (χ2n) is 4.30. The van der Waals surface area contributed by atoms with Gasteiger partial charge < -0.3 is 0 Å². The molecule has 0 aliphatic heterocycles. The summed E-state index contributed by atoms with van der Waals surface area (Å²) in [5.41, 5.74) is 4.13. The molecule has 0 aromatic heterocycles. The summed E-state index contributed by atoms with van der Waals surface area (Å²) in [6, 6.07) is 10.4. The van der Waals surface area contributed by atoms with Gasteiger partial charge in [-0.1, -0.05) is 56.5 Å². The van der Waals surface area contributed by atoms with Crippen LogP contribution < -0.4 is 11.3 Å². The fourth-order valence-electron chi connectivity index (χ4n) is 1.83. The van der Waals surface area contributed by atoms with Crippen LogP contribution in [0.2, 0.25) is 0 Å². The van der Waals surface area contributed by atoms with E-state index in [0.29, 0.717) is 0 Å². The van der Waals surface area contributed by atoms with Gasteiger partial charge >= 0.3 is 0 Å². The molecule has 0 saturated heterocycles. The third-order valence-electron chi connectivity index (χ3n) is 3.01. The minimum Gasteiger partial charge on any atom is -0.271 e. The molecular weight excluding hydrogens is 184 g/mol. The monoisotopic (exact) mass is 206 g/mol. The highest BCUT2D eigenvalue weighted by atomic mass is 15.3. The first-order valence-electron chi connectivity index (χ1n) is 5.76. The van der Waals surface area contributed by atoms with Crippen LogP contribution >= 0.6 is 0 Å². The molecule has 0 aliphatic rings. The molecule has 84 valence electrons. The standard InChI is InChI=1S/C13H22N2/c1-3-4-8-11-13(2,15-14)12-9-6-5-7-10-12/h5-7,9-10,15H,3-4,8,11,14H2,1-2H3. The lowest BCUT2D eigenvalue weighted by molar-refractivity contribution is 0.333. The summed E-state index contributed by atoms with van der Waals surface area (Å²) in [6.45, 7) is 4.38. The minimum atomic E-state index is -0.0869. The maximum atomic E-state index is 5.67. The summed E-state index contributed by atoms with van der Waals surface area (Å²) in [6.07, 6.45) is 4.81. The van der Waals surface area contributed by atoms with Gasteiger partial charge in [0.2, 0.25) is 0 Å². The highest BCUT2D eigenvalue weighted by Gasteiger charge is 2.23. The van der Waals surface area contributed by atoms with Crippen molar-refractivity contribution in [2.75, 3.05) is 0 Å². The van der Waals surface area contributed by atoms with Crippen LogP contribution in [0.5, 0.6) is 0 Å². The van der Waals surface area contributed by atoms with Crippen molar-refractivity contribution in [3.05, 3.63) is 35.9 Å². The van der Waals surface area contributed by atoms with Crippen molar-refractivity contribution in [1.82, 2.24) is 5.43 Å². The first kappa shape index (κ1) is 12.2. The second kappa shape index (κ2) is 5.89. The van der Waals surface area contributed by atoms with Crippen molar-refractivity contribution >= 4 is 0 Å². The molecule has 3 N–H and O–H groups in total. The molecule has 0 fully saturated rings. The summed E-state index contributed by atoms with van der Waals surface area (Å²) in [7, 11) is 0. The molecule has 2 heteroatoms. The van der Waals surface area contributed by atoms with E-state index < -0.39 is 0 Å². The maximum absolute atomic E-state index is 5.67. The third kappa shape index (κ3) is 3.33. The van der Waals surface area contributed by atoms with Crippen LogP contribution in [-0.2, 0) is 5.54 Å². The van der Waals surface area contributed by atoms with E-state index in [4.69, 9.17) is 5.84 Å². The summed E-state index contributed by atoms with van der Waals surface area (Å²) >= 11 is 0. The van der Waals surface area contributed by atoms with E-state index in [1.807, 2.05) is 6.07 Å². The molecule has 0 heterocycles. The van der Waals surface area contributed by atoms with E-state index in [2.05, 4.69) is 43.5 Å². The Hall–Kier alpha value is -0.860. The predicted molar refractivity (Wildman–Crippen MR) is 65.3 cm³/mol. The third-order valence-corrected chi connectivity index (χ3v) is 3.01. The lowest BCUT2D eigenvalue weighted by atomic mass is 9.87. The Morgan fingerprint density at radius 3 is 2.40 bits per heavy atom. The van der Waals surface area contributed by atoms with Crippen molar-refractivity contribution in [1.29, 1.82) is 0 Å². The van der Waals surface area contributed by atoms with Crippen LogP contribution in [0.25, 0.3) is 0 Å². The van der Waals surface area contributed by atoms with Gasteiger partial charge in [0.25, 0.3) is 0 Å². The van der Waals surface area contributed by atoms with Crippen molar-refractivity contribution in [3.63, 3.8) is 0 Å². The normalized spacial score (nSPS) is 14.9. The van der Waals surface area contributed by atoms with E-state index >= 15 is 0 Å². The summed E-state index contributed by atoms with van der Waals surface area (Å²) in [5.74, 6) is 5.67. The molecule has 1 rings (SSSR count). The van der Waals surface area contributed by atoms with Crippen molar-refractivity contribution in [2.24, 2.45) is 5.84 Å². The van der Waals surface area contributed by atoms with E-state index in [0.717, 1.165) is 6.42 Å². The number of rotatable bonds is 6. The van der Waals surface area contributed by atoms with Crippen LogP contribution in [0, 0.1) is 0 Å². The van der Waals surface area contributed by atoms with Gasteiger partial charge in [-0.05, 0) is 18.9 Å². The Bertz CT molecular complexity index is 271. The summed E-state index contributed by atoms with van der Waals surface area (Å²) in [5, 5.41) is 0. The summed E-state index contributed by atoms with van der Waals surface area (Å²) in [4.78, 5) is 0.